The van der Waals surface area contributed by atoms with E-state index >= 15 is 0 Å². The molecule has 0 fully saturated rings. The molecule has 24 heavy (non-hydrogen) atoms. The zero-order chi connectivity index (χ0) is 17.9. The first kappa shape index (κ1) is 19.9. The number of amides is 1. The summed E-state index contributed by atoms with van der Waals surface area (Å²) in [6.07, 6.45) is 0. The van der Waals surface area contributed by atoms with Gasteiger partial charge in [-0.2, -0.15) is 0 Å². The average Bonchev–Trinajstić information content (AvgIpc) is 2.62. The van der Waals surface area contributed by atoms with E-state index < -0.39 is 5.92 Å². The van der Waals surface area contributed by atoms with Gasteiger partial charge in [0.1, 0.15) is 5.75 Å². The van der Waals surface area contributed by atoms with Gasteiger partial charge in [-0.25, -0.2) is 0 Å². The number of ether oxygens (including phenoxy) is 3. The molecule has 0 saturated heterocycles. The van der Waals surface area contributed by atoms with Gasteiger partial charge in [0.25, 0.3) is 5.91 Å². The summed E-state index contributed by atoms with van der Waals surface area (Å²) >= 11 is 0. The second kappa shape index (κ2) is 10.6. The largest absolute Gasteiger partial charge is 0.496 e. The van der Waals surface area contributed by atoms with Crippen molar-refractivity contribution in [3.05, 3.63) is 29.8 Å². The summed E-state index contributed by atoms with van der Waals surface area (Å²) < 4.78 is 15.2. The third-order valence-electron chi connectivity index (χ3n) is 3.46. The smallest absolute Gasteiger partial charge is 0.310 e. The normalized spacial score (nSPS) is 11.7. The molecule has 0 saturated carbocycles. The highest BCUT2D eigenvalue weighted by molar-refractivity contribution is 5.97. The molecule has 1 unspecified atom stereocenters. The minimum Gasteiger partial charge on any atom is -0.496 e. The molecule has 1 amide bonds. The fourth-order valence-corrected chi connectivity index (χ4v) is 2.22. The number of carbonyl (C=O) groups excluding carboxylic acids is 2. The second-order valence-corrected chi connectivity index (χ2v) is 5.21. The summed E-state index contributed by atoms with van der Waals surface area (Å²) in [7, 11) is 2.81. The second-order valence-electron chi connectivity index (χ2n) is 5.21. The Morgan fingerprint density at radius 1 is 1.21 bits per heavy atom. The number of aliphatic hydroxyl groups is 1. The standard InChI is InChI=1S/C17H25NO6/c1-13(17(21)23-3)12-18(8-10-24-11-9-19)16(20)14-6-4-5-7-15(14)22-2/h4-7,13,19H,8-12H2,1-3H3. The molecule has 7 heteroatoms. The van der Waals surface area contributed by atoms with Gasteiger partial charge in [-0.15, -0.1) is 0 Å². The van der Waals surface area contributed by atoms with Crippen molar-refractivity contribution in [2.24, 2.45) is 5.92 Å². The molecule has 134 valence electrons. The highest BCUT2D eigenvalue weighted by Crippen LogP contribution is 2.20. The maximum absolute atomic E-state index is 12.8. The highest BCUT2D eigenvalue weighted by atomic mass is 16.5. The molecule has 0 aliphatic heterocycles. The summed E-state index contributed by atoms with van der Waals surface area (Å²) in [6, 6.07) is 6.91. The first-order valence-electron chi connectivity index (χ1n) is 7.73. The van der Waals surface area contributed by atoms with E-state index in [4.69, 9.17) is 19.3 Å². The van der Waals surface area contributed by atoms with Gasteiger partial charge in [-0.3, -0.25) is 9.59 Å². The van der Waals surface area contributed by atoms with E-state index in [1.54, 1.807) is 31.2 Å². The van der Waals surface area contributed by atoms with Crippen LogP contribution in [0, 0.1) is 5.92 Å². The van der Waals surface area contributed by atoms with Crippen molar-refractivity contribution in [3.8, 4) is 5.75 Å². The predicted molar refractivity (Wildman–Crippen MR) is 88.0 cm³/mol. The van der Waals surface area contributed by atoms with Crippen LogP contribution in [-0.4, -0.2) is 69.0 Å². The van der Waals surface area contributed by atoms with Gasteiger partial charge in [0.2, 0.25) is 0 Å². The maximum Gasteiger partial charge on any atom is 0.310 e. The minimum atomic E-state index is -0.466. The number of benzene rings is 1. The van der Waals surface area contributed by atoms with Crippen LogP contribution in [0.25, 0.3) is 0 Å². The lowest BCUT2D eigenvalue weighted by molar-refractivity contribution is -0.145. The number of rotatable bonds is 10. The zero-order valence-electron chi connectivity index (χ0n) is 14.4. The molecule has 0 heterocycles. The predicted octanol–water partition coefficient (Wildman–Crippen LogP) is 0.955. The van der Waals surface area contributed by atoms with E-state index in [1.165, 1.54) is 19.1 Å². The molecule has 0 bridgehead atoms. The van der Waals surface area contributed by atoms with Crippen molar-refractivity contribution in [2.75, 3.05) is 47.1 Å². The molecule has 0 radical (unpaired) electrons. The Balaban J connectivity index is 2.89. The van der Waals surface area contributed by atoms with Gasteiger partial charge >= 0.3 is 5.97 Å². The number of carbonyl (C=O) groups is 2. The molecular weight excluding hydrogens is 314 g/mol. The summed E-state index contributed by atoms with van der Waals surface area (Å²) in [5, 5.41) is 8.75. The zero-order valence-corrected chi connectivity index (χ0v) is 14.4. The molecule has 0 aliphatic carbocycles. The first-order valence-corrected chi connectivity index (χ1v) is 7.73. The van der Waals surface area contributed by atoms with Crippen molar-refractivity contribution in [3.63, 3.8) is 0 Å². The van der Waals surface area contributed by atoms with Crippen molar-refractivity contribution in [1.82, 2.24) is 4.90 Å². The molecule has 0 aromatic heterocycles. The molecule has 7 nitrogen and oxygen atoms in total. The summed E-state index contributed by atoms with van der Waals surface area (Å²) in [6.45, 7) is 2.56. The number of hydrogen-bond acceptors (Lipinski definition) is 6. The molecular formula is C17H25NO6. The molecule has 1 aromatic carbocycles. The van der Waals surface area contributed by atoms with Crippen LogP contribution in [0.3, 0.4) is 0 Å². The van der Waals surface area contributed by atoms with Gasteiger partial charge in [-0.05, 0) is 12.1 Å². The van der Waals surface area contributed by atoms with Crippen molar-refractivity contribution < 1.29 is 28.9 Å². The molecule has 1 atom stereocenters. The Labute approximate surface area is 142 Å². The van der Waals surface area contributed by atoms with Crippen LogP contribution in [0.4, 0.5) is 0 Å². The van der Waals surface area contributed by atoms with E-state index in [2.05, 4.69) is 0 Å². The van der Waals surface area contributed by atoms with E-state index in [1.807, 2.05) is 0 Å². The van der Waals surface area contributed by atoms with E-state index in [0.29, 0.717) is 11.3 Å². The van der Waals surface area contributed by atoms with E-state index in [9.17, 15) is 9.59 Å². The van der Waals surface area contributed by atoms with E-state index in [0.717, 1.165) is 0 Å². The third kappa shape index (κ3) is 5.82. The Hall–Kier alpha value is -2.12. The summed E-state index contributed by atoms with van der Waals surface area (Å²) in [4.78, 5) is 26.0. The van der Waals surface area contributed by atoms with Gasteiger partial charge < -0.3 is 24.2 Å². The third-order valence-corrected chi connectivity index (χ3v) is 3.46. The maximum atomic E-state index is 12.8. The monoisotopic (exact) mass is 339 g/mol. The van der Waals surface area contributed by atoms with Gasteiger partial charge in [0.15, 0.2) is 0 Å². The number of methoxy groups -OCH3 is 2. The Morgan fingerprint density at radius 2 is 1.92 bits per heavy atom. The highest BCUT2D eigenvalue weighted by Gasteiger charge is 2.24. The van der Waals surface area contributed by atoms with Crippen LogP contribution in [0.15, 0.2) is 24.3 Å². The van der Waals surface area contributed by atoms with Crippen LogP contribution in [0.5, 0.6) is 5.75 Å². The van der Waals surface area contributed by atoms with Crippen LogP contribution in [-0.2, 0) is 14.3 Å². The Kier molecular flexibility index (Phi) is 8.81. The fourth-order valence-electron chi connectivity index (χ4n) is 2.22. The molecule has 0 spiro atoms. The molecule has 1 N–H and O–H groups in total. The quantitative estimate of drug-likeness (QED) is 0.505. The van der Waals surface area contributed by atoms with Crippen molar-refractivity contribution in [1.29, 1.82) is 0 Å². The van der Waals surface area contributed by atoms with Crippen LogP contribution in [0.2, 0.25) is 0 Å². The van der Waals surface area contributed by atoms with Crippen LogP contribution in [0.1, 0.15) is 17.3 Å². The van der Waals surface area contributed by atoms with Crippen molar-refractivity contribution in [2.45, 2.75) is 6.92 Å². The lowest BCUT2D eigenvalue weighted by atomic mass is 10.1. The van der Waals surface area contributed by atoms with Gasteiger partial charge in [0.05, 0.1) is 45.5 Å². The van der Waals surface area contributed by atoms with Crippen LogP contribution >= 0.6 is 0 Å². The topological polar surface area (TPSA) is 85.3 Å². The Morgan fingerprint density at radius 3 is 2.54 bits per heavy atom. The number of para-hydroxylation sites is 1. The van der Waals surface area contributed by atoms with E-state index in [-0.39, 0.29) is 44.8 Å². The summed E-state index contributed by atoms with van der Waals surface area (Å²) in [5.74, 6) is -0.638. The van der Waals surface area contributed by atoms with Gasteiger partial charge in [0, 0.05) is 13.1 Å². The number of nitrogens with zero attached hydrogens (tertiary/aromatic N) is 1. The lowest BCUT2D eigenvalue weighted by Gasteiger charge is -2.25. The Bertz CT molecular complexity index is 534. The fraction of sp³-hybridized carbons (Fsp3) is 0.529. The van der Waals surface area contributed by atoms with Crippen LogP contribution < -0.4 is 4.74 Å². The summed E-state index contributed by atoms with van der Waals surface area (Å²) in [5.41, 5.74) is 0.416. The number of esters is 1. The molecule has 0 aliphatic rings. The molecule has 1 aromatic rings. The van der Waals surface area contributed by atoms with Crippen molar-refractivity contribution >= 4 is 11.9 Å². The SMILES string of the molecule is COC(=O)C(C)CN(CCOCCO)C(=O)c1ccccc1OC. The first-order chi connectivity index (χ1) is 11.5. The molecule has 1 rings (SSSR count). The number of aliphatic hydroxyl groups excluding tert-OH is 1. The number of hydrogen-bond donors (Lipinski definition) is 1. The minimum absolute atomic E-state index is 0.0843. The lowest BCUT2D eigenvalue weighted by Crippen LogP contribution is -2.39. The van der Waals surface area contributed by atoms with Gasteiger partial charge in [-0.1, -0.05) is 19.1 Å². The average molecular weight is 339 g/mol.